The molecule has 9 heteroatoms. The average molecular weight is 495 g/mol. The van der Waals surface area contributed by atoms with Gasteiger partial charge in [0.25, 0.3) is 0 Å². The molecule has 2 aromatic heterocycles. The third-order valence-electron chi connectivity index (χ3n) is 6.81. The van der Waals surface area contributed by atoms with Crippen LogP contribution in [-0.4, -0.2) is 46.4 Å². The lowest BCUT2D eigenvalue weighted by atomic mass is 10.1. The molecule has 0 spiro atoms. The Bertz CT molecular complexity index is 1660. The zero-order valence-electron chi connectivity index (χ0n) is 20.9. The highest BCUT2D eigenvalue weighted by molar-refractivity contribution is 5.97. The van der Waals surface area contributed by atoms with Gasteiger partial charge in [0, 0.05) is 34.8 Å². The third kappa shape index (κ3) is 3.98. The molecule has 1 amide bonds. The molecule has 0 atom stereocenters. The molecule has 3 aromatic carbocycles. The van der Waals surface area contributed by atoms with Crippen LogP contribution in [0.1, 0.15) is 11.3 Å². The second-order valence-electron chi connectivity index (χ2n) is 8.97. The van der Waals surface area contributed by atoms with Crippen molar-refractivity contribution >= 4 is 44.9 Å². The molecule has 37 heavy (non-hydrogen) atoms. The van der Waals surface area contributed by atoms with Crippen molar-refractivity contribution in [3.8, 4) is 11.5 Å². The van der Waals surface area contributed by atoms with Gasteiger partial charge in [-0.1, -0.05) is 18.2 Å². The maximum atomic E-state index is 13.3. The Hall–Kier alpha value is -4.66. The summed E-state index contributed by atoms with van der Waals surface area (Å²) in [4.78, 5) is 23.9. The normalized spacial score (nSPS) is 12.7. The van der Waals surface area contributed by atoms with Gasteiger partial charge >= 0.3 is 0 Å². The van der Waals surface area contributed by atoms with Gasteiger partial charge < -0.3 is 19.7 Å². The first kappa shape index (κ1) is 22.8. The van der Waals surface area contributed by atoms with E-state index in [1.807, 2.05) is 60.4 Å². The van der Waals surface area contributed by atoms with E-state index in [0.29, 0.717) is 23.9 Å². The number of nitrogens with one attached hydrogen (secondary N) is 1. The molecule has 1 N–H and O–H groups in total. The van der Waals surface area contributed by atoms with Crippen molar-refractivity contribution in [2.24, 2.45) is 0 Å². The van der Waals surface area contributed by atoms with Crippen LogP contribution in [0.3, 0.4) is 0 Å². The summed E-state index contributed by atoms with van der Waals surface area (Å²) in [6.45, 7) is 2.81. The molecule has 0 aliphatic carbocycles. The molecule has 0 fully saturated rings. The number of rotatable bonds is 6. The SMILES string of the molecule is COc1cc2ncnc(Nc3ccc4c(c3)CCN4C(=O)Cn3nc(C)c4ccccc43)c2cc1OC. The van der Waals surface area contributed by atoms with E-state index >= 15 is 0 Å². The minimum absolute atomic E-state index is 0.0237. The van der Waals surface area contributed by atoms with Crippen molar-refractivity contribution in [3.63, 3.8) is 0 Å². The average Bonchev–Trinajstić information content (AvgIpc) is 3.48. The molecule has 0 saturated carbocycles. The van der Waals surface area contributed by atoms with Gasteiger partial charge in [-0.15, -0.1) is 0 Å². The van der Waals surface area contributed by atoms with Crippen LogP contribution in [0.2, 0.25) is 0 Å². The Balaban J connectivity index is 1.25. The van der Waals surface area contributed by atoms with Crippen molar-refractivity contribution in [1.29, 1.82) is 0 Å². The van der Waals surface area contributed by atoms with Gasteiger partial charge in [-0.3, -0.25) is 9.48 Å². The Labute approximate surface area is 213 Å². The summed E-state index contributed by atoms with van der Waals surface area (Å²) in [5.41, 5.74) is 5.57. The quantitative estimate of drug-likeness (QED) is 0.368. The van der Waals surface area contributed by atoms with E-state index in [-0.39, 0.29) is 12.5 Å². The van der Waals surface area contributed by atoms with E-state index in [1.54, 1.807) is 18.9 Å². The van der Waals surface area contributed by atoms with Crippen molar-refractivity contribution in [2.45, 2.75) is 19.9 Å². The molecule has 0 unspecified atom stereocenters. The molecule has 0 radical (unpaired) electrons. The van der Waals surface area contributed by atoms with Crippen LogP contribution < -0.4 is 19.7 Å². The lowest BCUT2D eigenvalue weighted by Gasteiger charge is -2.18. The van der Waals surface area contributed by atoms with Crippen LogP contribution in [0, 0.1) is 6.92 Å². The van der Waals surface area contributed by atoms with Crippen molar-refractivity contribution < 1.29 is 14.3 Å². The fraction of sp³-hybridized carbons (Fsp3) is 0.214. The summed E-state index contributed by atoms with van der Waals surface area (Å²) in [7, 11) is 3.20. The van der Waals surface area contributed by atoms with Crippen LogP contribution in [-0.2, 0) is 17.8 Å². The van der Waals surface area contributed by atoms with Crippen LogP contribution in [0.4, 0.5) is 17.2 Å². The maximum Gasteiger partial charge on any atom is 0.248 e. The number of para-hydroxylation sites is 1. The number of benzene rings is 3. The topological polar surface area (TPSA) is 94.4 Å². The van der Waals surface area contributed by atoms with Crippen LogP contribution in [0.25, 0.3) is 21.8 Å². The molecular formula is C28H26N6O3. The van der Waals surface area contributed by atoms with E-state index in [2.05, 4.69) is 26.4 Å². The predicted molar refractivity (Wildman–Crippen MR) is 143 cm³/mol. The fourth-order valence-corrected chi connectivity index (χ4v) is 4.99. The van der Waals surface area contributed by atoms with Crippen molar-refractivity contribution in [3.05, 3.63) is 72.2 Å². The second kappa shape index (κ2) is 9.09. The van der Waals surface area contributed by atoms with Gasteiger partial charge in [-0.05, 0) is 49.2 Å². The molecule has 1 aliphatic rings. The van der Waals surface area contributed by atoms with E-state index < -0.39 is 0 Å². The summed E-state index contributed by atoms with van der Waals surface area (Å²) in [6.07, 6.45) is 2.30. The van der Waals surface area contributed by atoms with Crippen LogP contribution in [0.5, 0.6) is 11.5 Å². The summed E-state index contributed by atoms with van der Waals surface area (Å²) in [5, 5.41) is 9.89. The second-order valence-corrected chi connectivity index (χ2v) is 8.97. The molecule has 3 heterocycles. The Kier molecular flexibility index (Phi) is 5.60. The number of amides is 1. The van der Waals surface area contributed by atoms with Crippen LogP contribution >= 0.6 is 0 Å². The number of aromatic nitrogens is 4. The molecule has 0 saturated heterocycles. The zero-order valence-corrected chi connectivity index (χ0v) is 20.9. The highest BCUT2D eigenvalue weighted by Gasteiger charge is 2.26. The van der Waals surface area contributed by atoms with E-state index in [1.165, 1.54) is 6.33 Å². The lowest BCUT2D eigenvalue weighted by molar-refractivity contribution is -0.119. The Morgan fingerprint density at radius 2 is 1.81 bits per heavy atom. The number of carbonyl (C=O) groups is 1. The monoisotopic (exact) mass is 494 g/mol. The minimum Gasteiger partial charge on any atom is -0.493 e. The van der Waals surface area contributed by atoms with Crippen molar-refractivity contribution in [2.75, 3.05) is 31.0 Å². The molecular weight excluding hydrogens is 468 g/mol. The molecule has 5 aromatic rings. The number of fused-ring (bicyclic) bond motifs is 3. The Morgan fingerprint density at radius 1 is 1.00 bits per heavy atom. The number of hydrogen-bond donors (Lipinski definition) is 1. The van der Waals surface area contributed by atoms with Gasteiger partial charge in [-0.25, -0.2) is 9.97 Å². The summed E-state index contributed by atoms with van der Waals surface area (Å²) in [5.74, 6) is 1.91. The number of anilines is 3. The number of carbonyl (C=O) groups excluding carboxylic acids is 1. The summed E-state index contributed by atoms with van der Waals surface area (Å²) in [6, 6.07) is 17.7. The van der Waals surface area contributed by atoms with Crippen LogP contribution in [0.15, 0.2) is 60.9 Å². The van der Waals surface area contributed by atoms with Crippen molar-refractivity contribution in [1.82, 2.24) is 19.7 Å². The van der Waals surface area contributed by atoms with Gasteiger partial charge in [0.2, 0.25) is 5.91 Å². The first-order valence-corrected chi connectivity index (χ1v) is 12.0. The number of methoxy groups -OCH3 is 2. The fourth-order valence-electron chi connectivity index (χ4n) is 4.99. The first-order valence-electron chi connectivity index (χ1n) is 12.0. The third-order valence-corrected chi connectivity index (χ3v) is 6.81. The Morgan fingerprint density at radius 3 is 2.65 bits per heavy atom. The van der Waals surface area contributed by atoms with E-state index in [0.717, 1.165) is 50.9 Å². The summed E-state index contributed by atoms with van der Waals surface area (Å²) < 4.78 is 12.7. The molecule has 186 valence electrons. The number of ether oxygens (including phenoxy) is 2. The highest BCUT2D eigenvalue weighted by Crippen LogP contribution is 2.36. The van der Waals surface area contributed by atoms with Gasteiger partial charge in [0.1, 0.15) is 18.7 Å². The zero-order chi connectivity index (χ0) is 25.5. The minimum atomic E-state index is 0.0237. The van der Waals surface area contributed by atoms with Gasteiger partial charge in [0.15, 0.2) is 11.5 Å². The smallest absolute Gasteiger partial charge is 0.248 e. The predicted octanol–water partition coefficient (Wildman–Crippen LogP) is 4.64. The molecule has 0 bridgehead atoms. The van der Waals surface area contributed by atoms with Gasteiger partial charge in [0.05, 0.1) is 30.9 Å². The molecule has 1 aliphatic heterocycles. The lowest BCUT2D eigenvalue weighted by Crippen LogP contribution is -2.32. The molecule has 6 rings (SSSR count). The van der Waals surface area contributed by atoms with Gasteiger partial charge in [-0.2, -0.15) is 5.10 Å². The standard InChI is InChI=1S/C28H26N6O3/c1-17-20-6-4-5-7-24(20)34(32-17)15-27(35)33-11-10-18-12-19(8-9-23(18)33)31-28-21-13-25(36-2)26(37-3)14-22(21)29-16-30-28/h4-9,12-14,16H,10-11,15H2,1-3H3,(H,29,30,31). The summed E-state index contributed by atoms with van der Waals surface area (Å²) >= 11 is 0. The number of nitrogens with zero attached hydrogens (tertiary/aromatic N) is 5. The van der Waals surface area contributed by atoms with E-state index in [9.17, 15) is 4.79 Å². The number of hydrogen-bond acceptors (Lipinski definition) is 7. The molecule has 9 nitrogen and oxygen atoms in total. The highest BCUT2D eigenvalue weighted by atomic mass is 16.5. The first-order chi connectivity index (χ1) is 18.1. The van der Waals surface area contributed by atoms with E-state index in [4.69, 9.17) is 9.47 Å². The largest absolute Gasteiger partial charge is 0.493 e. The number of aryl methyl sites for hydroxylation is 1. The maximum absolute atomic E-state index is 13.3.